The molecule has 0 fully saturated rings. The third-order valence-corrected chi connectivity index (χ3v) is 2.67. The van der Waals surface area contributed by atoms with Crippen LogP contribution in [0.3, 0.4) is 0 Å². The molecule has 0 saturated carbocycles. The zero-order valence-corrected chi connectivity index (χ0v) is 8.93. The van der Waals surface area contributed by atoms with Crippen molar-refractivity contribution in [2.24, 2.45) is 0 Å². The van der Waals surface area contributed by atoms with E-state index in [4.69, 9.17) is 0 Å². The van der Waals surface area contributed by atoms with Gasteiger partial charge in [0.25, 0.3) is 0 Å². The summed E-state index contributed by atoms with van der Waals surface area (Å²) in [5.74, 6) is 1.18. The van der Waals surface area contributed by atoms with Gasteiger partial charge in [0.2, 0.25) is 5.88 Å². The fraction of sp³-hybridized carbons (Fsp3) is 0.556. The van der Waals surface area contributed by atoms with E-state index in [1.807, 2.05) is 20.8 Å². The lowest BCUT2D eigenvalue weighted by molar-refractivity contribution is 0.346. The van der Waals surface area contributed by atoms with Crippen LogP contribution >= 0.6 is 11.8 Å². The fourth-order valence-corrected chi connectivity index (χ4v) is 1.98. The molecule has 3 nitrogen and oxygen atoms in total. The first-order chi connectivity index (χ1) is 6.07. The van der Waals surface area contributed by atoms with Gasteiger partial charge >= 0.3 is 0 Å². The summed E-state index contributed by atoms with van der Waals surface area (Å²) in [5, 5.41) is 19.2. The van der Waals surface area contributed by atoms with Crippen LogP contribution in [0.4, 0.5) is 0 Å². The van der Waals surface area contributed by atoms with Crippen molar-refractivity contribution < 1.29 is 10.2 Å². The summed E-state index contributed by atoms with van der Waals surface area (Å²) < 4.78 is 1.51. The molecule has 4 heteroatoms. The van der Waals surface area contributed by atoms with Gasteiger partial charge in [-0.05, 0) is 19.6 Å². The van der Waals surface area contributed by atoms with Crippen LogP contribution in [0.25, 0.3) is 0 Å². The molecule has 74 valence electrons. The molecule has 2 N–H and O–H groups in total. The normalized spacial score (nSPS) is 11.1. The summed E-state index contributed by atoms with van der Waals surface area (Å²) in [6, 6.07) is 1.68. The lowest BCUT2D eigenvalue weighted by atomic mass is 10.4. The van der Waals surface area contributed by atoms with E-state index in [0.717, 1.165) is 10.6 Å². The monoisotopic (exact) mass is 201 g/mol. The Morgan fingerprint density at radius 1 is 1.46 bits per heavy atom. The highest BCUT2D eigenvalue weighted by atomic mass is 32.2. The Kier molecular flexibility index (Phi) is 3.14. The highest BCUT2D eigenvalue weighted by Gasteiger charge is 2.15. The van der Waals surface area contributed by atoms with Crippen molar-refractivity contribution in [3.8, 4) is 11.8 Å². The van der Waals surface area contributed by atoms with Crippen LogP contribution in [0.2, 0.25) is 0 Å². The zero-order valence-electron chi connectivity index (χ0n) is 8.11. The maximum Gasteiger partial charge on any atom is 0.208 e. The molecule has 0 aliphatic heterocycles. The Hall–Kier alpha value is -0.770. The van der Waals surface area contributed by atoms with Gasteiger partial charge in [-0.3, -0.25) is 4.57 Å². The fourth-order valence-electron chi connectivity index (χ4n) is 1.25. The van der Waals surface area contributed by atoms with E-state index < -0.39 is 0 Å². The molecule has 0 bridgehead atoms. The quantitative estimate of drug-likeness (QED) is 0.739. The Labute approximate surface area is 82.4 Å². The van der Waals surface area contributed by atoms with Gasteiger partial charge < -0.3 is 10.2 Å². The first kappa shape index (κ1) is 10.3. The summed E-state index contributed by atoms with van der Waals surface area (Å²) in [6.07, 6.45) is 0. The van der Waals surface area contributed by atoms with Crippen LogP contribution in [-0.2, 0) is 0 Å². The molecule has 0 aliphatic carbocycles. The average Bonchev–Trinajstić information content (AvgIpc) is 2.28. The number of rotatable bonds is 3. The molecule has 1 rings (SSSR count). The molecule has 0 spiro atoms. The number of thioether (sulfide) groups is 1. The second kappa shape index (κ2) is 3.96. The van der Waals surface area contributed by atoms with Crippen molar-refractivity contribution in [1.29, 1.82) is 0 Å². The van der Waals surface area contributed by atoms with E-state index in [-0.39, 0.29) is 17.8 Å². The van der Waals surface area contributed by atoms with Gasteiger partial charge in [-0.1, -0.05) is 6.92 Å². The predicted octanol–water partition coefficient (Wildman–Crippen LogP) is 2.59. The Morgan fingerprint density at radius 3 is 2.46 bits per heavy atom. The average molecular weight is 201 g/mol. The number of aromatic nitrogens is 1. The van der Waals surface area contributed by atoms with Crippen molar-refractivity contribution in [3.05, 3.63) is 6.07 Å². The number of nitrogens with zero attached hydrogens (tertiary/aromatic N) is 1. The molecule has 0 aromatic carbocycles. The topological polar surface area (TPSA) is 45.4 Å². The van der Waals surface area contributed by atoms with Crippen molar-refractivity contribution >= 4 is 11.8 Å². The molecule has 1 aromatic heterocycles. The predicted molar refractivity (Wildman–Crippen MR) is 54.5 cm³/mol. The molecule has 0 unspecified atom stereocenters. The Bertz CT molecular complexity index is 294. The maximum absolute atomic E-state index is 9.69. The zero-order chi connectivity index (χ0) is 10.0. The second-order valence-electron chi connectivity index (χ2n) is 3.09. The van der Waals surface area contributed by atoms with Crippen LogP contribution in [0.5, 0.6) is 11.8 Å². The standard InChI is InChI=1S/C9H15NO2S/c1-4-13-7-5-8(11)10(6(2)3)9(7)12/h5-6,11-12H,4H2,1-3H3. The van der Waals surface area contributed by atoms with Gasteiger partial charge in [0.05, 0.1) is 4.90 Å². The molecule has 0 amide bonds. The summed E-state index contributed by atoms with van der Waals surface area (Å²) in [5.41, 5.74) is 0. The van der Waals surface area contributed by atoms with Crippen LogP contribution < -0.4 is 0 Å². The number of hydrogen-bond donors (Lipinski definition) is 2. The van der Waals surface area contributed by atoms with E-state index in [0.29, 0.717) is 0 Å². The van der Waals surface area contributed by atoms with E-state index >= 15 is 0 Å². The highest BCUT2D eigenvalue weighted by Crippen LogP contribution is 2.37. The summed E-state index contributed by atoms with van der Waals surface area (Å²) in [6.45, 7) is 5.84. The summed E-state index contributed by atoms with van der Waals surface area (Å²) in [4.78, 5) is 0.744. The van der Waals surface area contributed by atoms with Crippen LogP contribution in [0.1, 0.15) is 26.8 Å². The second-order valence-corrected chi connectivity index (χ2v) is 4.39. The van der Waals surface area contributed by atoms with Gasteiger partial charge in [0.1, 0.15) is 0 Å². The lowest BCUT2D eigenvalue weighted by Gasteiger charge is -2.10. The lowest BCUT2D eigenvalue weighted by Crippen LogP contribution is -1.98. The molecule has 0 radical (unpaired) electrons. The molecule has 0 saturated heterocycles. The van der Waals surface area contributed by atoms with Gasteiger partial charge in [0.15, 0.2) is 5.88 Å². The molecular weight excluding hydrogens is 186 g/mol. The minimum Gasteiger partial charge on any atom is -0.494 e. The van der Waals surface area contributed by atoms with E-state index in [1.54, 1.807) is 6.07 Å². The Balaban J connectivity index is 3.07. The van der Waals surface area contributed by atoms with Crippen molar-refractivity contribution in [2.75, 3.05) is 5.75 Å². The van der Waals surface area contributed by atoms with Gasteiger partial charge in [-0.2, -0.15) is 0 Å². The first-order valence-corrected chi connectivity index (χ1v) is 5.32. The molecule has 0 atom stereocenters. The third-order valence-electron chi connectivity index (χ3n) is 1.77. The minimum absolute atomic E-state index is 0.0752. The molecular formula is C9H15NO2S. The highest BCUT2D eigenvalue weighted by molar-refractivity contribution is 7.99. The van der Waals surface area contributed by atoms with E-state index in [1.165, 1.54) is 16.3 Å². The van der Waals surface area contributed by atoms with Gasteiger partial charge in [-0.25, -0.2) is 0 Å². The molecule has 1 aromatic rings. The van der Waals surface area contributed by atoms with Crippen molar-refractivity contribution in [3.63, 3.8) is 0 Å². The number of aromatic hydroxyl groups is 2. The molecule has 0 aliphatic rings. The smallest absolute Gasteiger partial charge is 0.208 e. The van der Waals surface area contributed by atoms with E-state index in [9.17, 15) is 10.2 Å². The van der Waals surface area contributed by atoms with Gasteiger partial charge in [-0.15, -0.1) is 11.8 Å². The third kappa shape index (κ3) is 1.94. The summed E-state index contributed by atoms with van der Waals surface area (Å²) in [7, 11) is 0. The maximum atomic E-state index is 9.69. The minimum atomic E-state index is 0.0752. The first-order valence-electron chi connectivity index (χ1n) is 4.33. The largest absolute Gasteiger partial charge is 0.494 e. The molecule has 13 heavy (non-hydrogen) atoms. The SMILES string of the molecule is CCSc1cc(O)n(C(C)C)c1O. The van der Waals surface area contributed by atoms with E-state index in [2.05, 4.69) is 0 Å². The Morgan fingerprint density at radius 2 is 2.08 bits per heavy atom. The number of hydrogen-bond acceptors (Lipinski definition) is 3. The van der Waals surface area contributed by atoms with Crippen molar-refractivity contribution in [1.82, 2.24) is 4.57 Å². The van der Waals surface area contributed by atoms with Crippen LogP contribution in [0, 0.1) is 0 Å². The van der Waals surface area contributed by atoms with Crippen molar-refractivity contribution in [2.45, 2.75) is 31.7 Å². The molecule has 1 heterocycles. The van der Waals surface area contributed by atoms with Gasteiger partial charge in [0, 0.05) is 12.1 Å². The van der Waals surface area contributed by atoms with Crippen LogP contribution in [0.15, 0.2) is 11.0 Å². The van der Waals surface area contributed by atoms with Crippen LogP contribution in [-0.4, -0.2) is 20.5 Å². The summed E-state index contributed by atoms with van der Waals surface area (Å²) >= 11 is 1.52.